The average molecular weight is 428 g/mol. The highest BCUT2D eigenvalue weighted by molar-refractivity contribution is 5.95. The van der Waals surface area contributed by atoms with Gasteiger partial charge in [0, 0.05) is 23.5 Å². The number of aromatic nitrogens is 3. The Bertz CT molecular complexity index is 1290. The molecule has 32 heavy (non-hydrogen) atoms. The summed E-state index contributed by atoms with van der Waals surface area (Å²) in [5.74, 6) is 2.03. The third kappa shape index (κ3) is 3.22. The molecule has 1 aliphatic heterocycles. The minimum atomic E-state index is -0.0650. The molecule has 0 saturated heterocycles. The highest BCUT2D eigenvalue weighted by Gasteiger charge is 2.32. The molecule has 7 heteroatoms. The molecule has 3 heterocycles. The number of carbonyl (C=O) groups excluding carboxylic acids is 1. The van der Waals surface area contributed by atoms with E-state index in [-0.39, 0.29) is 5.91 Å². The summed E-state index contributed by atoms with van der Waals surface area (Å²) in [6.07, 6.45) is 4.01. The Morgan fingerprint density at radius 2 is 1.69 bits per heavy atom. The Morgan fingerprint density at radius 1 is 0.938 bits per heavy atom. The molecule has 7 nitrogen and oxygen atoms in total. The van der Waals surface area contributed by atoms with Crippen molar-refractivity contribution >= 4 is 5.91 Å². The van der Waals surface area contributed by atoms with Gasteiger partial charge in [-0.15, -0.1) is 0 Å². The number of nitrogens with zero attached hydrogens (tertiary/aromatic N) is 4. The number of benzene rings is 2. The van der Waals surface area contributed by atoms with Gasteiger partial charge in [0.1, 0.15) is 5.82 Å². The fraction of sp³-hybridized carbons (Fsp3) is 0.200. The van der Waals surface area contributed by atoms with Crippen LogP contribution in [-0.4, -0.2) is 39.4 Å². The maximum absolute atomic E-state index is 13.3. The Balaban J connectivity index is 1.52. The summed E-state index contributed by atoms with van der Waals surface area (Å²) in [6.45, 7) is 3.02. The van der Waals surface area contributed by atoms with Crippen molar-refractivity contribution in [2.45, 2.75) is 20.0 Å². The fourth-order valence-corrected chi connectivity index (χ4v) is 4.21. The lowest BCUT2D eigenvalue weighted by Gasteiger charge is -2.19. The normalized spacial score (nSPS) is 12.7. The van der Waals surface area contributed by atoms with E-state index in [0.717, 1.165) is 28.3 Å². The maximum Gasteiger partial charge on any atom is 0.254 e. The maximum atomic E-state index is 13.3. The Kier molecular flexibility index (Phi) is 4.93. The van der Waals surface area contributed by atoms with Gasteiger partial charge in [-0.3, -0.25) is 4.79 Å². The predicted octanol–water partition coefficient (Wildman–Crippen LogP) is 4.14. The van der Waals surface area contributed by atoms with Crippen molar-refractivity contribution in [1.82, 2.24) is 19.2 Å². The van der Waals surface area contributed by atoms with Crippen LogP contribution in [0.5, 0.6) is 11.5 Å². The van der Waals surface area contributed by atoms with Crippen molar-refractivity contribution in [3.8, 4) is 23.0 Å². The average Bonchev–Trinajstić information content (AvgIpc) is 3.54. The molecule has 0 aliphatic carbocycles. The van der Waals surface area contributed by atoms with Gasteiger partial charge in [0.05, 0.1) is 38.7 Å². The number of amides is 1. The summed E-state index contributed by atoms with van der Waals surface area (Å²) in [6, 6.07) is 17.4. The Labute approximate surface area is 186 Å². The molecule has 0 N–H and O–H groups in total. The van der Waals surface area contributed by atoms with Crippen LogP contribution in [0.4, 0.5) is 0 Å². The second kappa shape index (κ2) is 7.92. The van der Waals surface area contributed by atoms with E-state index < -0.39 is 0 Å². The van der Waals surface area contributed by atoms with Gasteiger partial charge >= 0.3 is 0 Å². The summed E-state index contributed by atoms with van der Waals surface area (Å²) < 4.78 is 14.7. The third-order valence-corrected chi connectivity index (χ3v) is 5.84. The smallest absolute Gasteiger partial charge is 0.254 e. The molecule has 0 bridgehead atoms. The van der Waals surface area contributed by atoms with Gasteiger partial charge in [0.15, 0.2) is 11.5 Å². The molecule has 0 spiro atoms. The van der Waals surface area contributed by atoms with Crippen molar-refractivity contribution in [1.29, 1.82) is 0 Å². The predicted molar refractivity (Wildman–Crippen MR) is 121 cm³/mol. The first kappa shape index (κ1) is 19.9. The lowest BCUT2D eigenvalue weighted by molar-refractivity contribution is 0.0748. The number of para-hydroxylation sites is 1. The van der Waals surface area contributed by atoms with Gasteiger partial charge in [-0.2, -0.15) is 5.10 Å². The number of ether oxygens (including phenoxy) is 2. The van der Waals surface area contributed by atoms with Crippen LogP contribution in [0.3, 0.4) is 0 Å². The summed E-state index contributed by atoms with van der Waals surface area (Å²) in [5.41, 5.74) is 4.69. The van der Waals surface area contributed by atoms with E-state index >= 15 is 0 Å². The lowest BCUT2D eigenvalue weighted by atomic mass is 10.1. The zero-order valence-corrected chi connectivity index (χ0v) is 18.3. The summed E-state index contributed by atoms with van der Waals surface area (Å²) in [5, 5.41) is 4.92. The molecular formula is C25H24N4O3. The molecule has 162 valence electrons. The van der Waals surface area contributed by atoms with Crippen molar-refractivity contribution in [2.75, 3.05) is 14.2 Å². The van der Waals surface area contributed by atoms with E-state index in [1.54, 1.807) is 32.4 Å². The summed E-state index contributed by atoms with van der Waals surface area (Å²) in [7, 11) is 3.14. The minimum absolute atomic E-state index is 0.0650. The fourth-order valence-electron chi connectivity index (χ4n) is 4.21. The van der Waals surface area contributed by atoms with Gasteiger partial charge in [-0.1, -0.05) is 18.2 Å². The molecule has 0 fully saturated rings. The number of hydrogen-bond donors (Lipinski definition) is 0. The topological polar surface area (TPSA) is 61.5 Å². The molecule has 0 atom stereocenters. The van der Waals surface area contributed by atoms with Gasteiger partial charge in [-0.25, -0.2) is 4.68 Å². The van der Waals surface area contributed by atoms with Crippen LogP contribution < -0.4 is 9.47 Å². The van der Waals surface area contributed by atoms with E-state index in [9.17, 15) is 4.79 Å². The van der Waals surface area contributed by atoms with Crippen LogP contribution in [0.1, 0.15) is 27.2 Å². The second-order valence-electron chi connectivity index (χ2n) is 7.77. The van der Waals surface area contributed by atoms with E-state index in [1.807, 2.05) is 46.2 Å². The van der Waals surface area contributed by atoms with Crippen LogP contribution in [0.2, 0.25) is 0 Å². The van der Waals surface area contributed by atoms with Crippen LogP contribution in [0.25, 0.3) is 11.5 Å². The molecule has 2 aromatic carbocycles. The highest BCUT2D eigenvalue weighted by atomic mass is 16.5. The molecule has 5 rings (SSSR count). The van der Waals surface area contributed by atoms with E-state index in [1.165, 1.54) is 0 Å². The van der Waals surface area contributed by atoms with Crippen molar-refractivity contribution < 1.29 is 14.3 Å². The third-order valence-electron chi connectivity index (χ3n) is 5.84. The number of fused-ring (bicyclic) bond motifs is 1. The van der Waals surface area contributed by atoms with Gasteiger partial charge in [-0.05, 0) is 48.9 Å². The van der Waals surface area contributed by atoms with E-state index in [2.05, 4.69) is 23.6 Å². The van der Waals surface area contributed by atoms with Crippen molar-refractivity contribution in [3.63, 3.8) is 0 Å². The molecule has 0 radical (unpaired) electrons. The van der Waals surface area contributed by atoms with Crippen LogP contribution >= 0.6 is 0 Å². The molecule has 2 aromatic heterocycles. The van der Waals surface area contributed by atoms with Crippen LogP contribution in [-0.2, 0) is 13.1 Å². The summed E-state index contributed by atoms with van der Waals surface area (Å²) in [4.78, 5) is 15.1. The largest absolute Gasteiger partial charge is 0.493 e. The Hall–Kier alpha value is -4.00. The first-order chi connectivity index (χ1) is 15.6. The first-order valence-electron chi connectivity index (χ1n) is 10.4. The van der Waals surface area contributed by atoms with Crippen LogP contribution in [0.15, 0.2) is 67.0 Å². The van der Waals surface area contributed by atoms with Gasteiger partial charge in [0.25, 0.3) is 5.91 Å². The number of carbonyl (C=O) groups is 1. The highest BCUT2D eigenvalue weighted by Crippen LogP contribution is 2.33. The zero-order chi connectivity index (χ0) is 22.2. The van der Waals surface area contributed by atoms with Crippen molar-refractivity contribution in [3.05, 3.63) is 89.4 Å². The Morgan fingerprint density at radius 3 is 2.41 bits per heavy atom. The molecule has 1 amide bonds. The molecule has 4 aromatic rings. The number of aryl methyl sites for hydroxylation is 1. The standard InChI is InChI=1S/C25H24N4O3/c1-17-8-4-5-9-21(17)29-24(27-12-6-7-13-27)19-15-28(16-20(19)26-29)25(30)18-10-11-22(31-2)23(14-18)32-3/h4-14H,15-16H2,1-3H3. The van der Waals surface area contributed by atoms with E-state index in [4.69, 9.17) is 14.6 Å². The molecule has 0 unspecified atom stereocenters. The van der Waals surface area contributed by atoms with Crippen LogP contribution in [0, 0.1) is 6.92 Å². The number of rotatable bonds is 5. The SMILES string of the molecule is COc1ccc(C(=O)N2Cc3nn(-c4ccccc4C)c(-n4cccc4)c3C2)cc1OC. The monoisotopic (exact) mass is 428 g/mol. The quantitative estimate of drug-likeness (QED) is 0.479. The molecule has 0 saturated carbocycles. The second-order valence-corrected chi connectivity index (χ2v) is 7.77. The zero-order valence-electron chi connectivity index (χ0n) is 18.3. The lowest BCUT2D eigenvalue weighted by Crippen LogP contribution is -2.26. The van der Waals surface area contributed by atoms with Gasteiger partial charge < -0.3 is 18.9 Å². The molecular weight excluding hydrogens is 404 g/mol. The molecule has 1 aliphatic rings. The van der Waals surface area contributed by atoms with Gasteiger partial charge in [0.2, 0.25) is 0 Å². The van der Waals surface area contributed by atoms with Crippen molar-refractivity contribution in [2.24, 2.45) is 0 Å². The first-order valence-corrected chi connectivity index (χ1v) is 10.4. The summed E-state index contributed by atoms with van der Waals surface area (Å²) >= 11 is 0. The van der Waals surface area contributed by atoms with E-state index in [0.29, 0.717) is 30.2 Å². The number of hydrogen-bond acceptors (Lipinski definition) is 4. The minimum Gasteiger partial charge on any atom is -0.493 e. The number of methoxy groups -OCH3 is 2.